The molecule has 13 nitrogen and oxygen atoms in total. The molecule has 1 atom stereocenters. The first-order valence-corrected chi connectivity index (χ1v) is 20.7. The summed E-state index contributed by atoms with van der Waals surface area (Å²) in [5.41, 5.74) is 0. The summed E-state index contributed by atoms with van der Waals surface area (Å²) >= 11 is 0. The lowest BCUT2D eigenvalue weighted by Gasteiger charge is -2.13. The summed E-state index contributed by atoms with van der Waals surface area (Å²) in [7, 11) is 0. The quantitative estimate of drug-likeness (QED) is 0.0503. The number of carbonyl (C=O) groups excluding carboxylic acids is 2. The molecule has 0 aliphatic rings. The summed E-state index contributed by atoms with van der Waals surface area (Å²) in [5, 5.41) is 0. The fourth-order valence-electron chi connectivity index (χ4n) is 4.99. The Balaban J connectivity index is 3.18. The van der Waals surface area contributed by atoms with Gasteiger partial charge in [0.1, 0.15) is 13.2 Å². The largest absolute Gasteiger partial charge is 0.463 e. The molecule has 0 spiro atoms. The number of ether oxygens (including phenoxy) is 11. The summed E-state index contributed by atoms with van der Waals surface area (Å²) in [5.74, 6) is -0.266. The van der Waals surface area contributed by atoms with Crippen LogP contribution in [0.15, 0.2) is 0 Å². The third-order valence-corrected chi connectivity index (χ3v) is 8.16. The standard InChI is InChI=1S/C40H78O13/c1-4-7-9-10-11-12-13-14-15-17-39(41)52-36-34-50-32-30-48-28-26-46-24-22-44-20-18-43-19-21-45-23-25-47-27-29-49-31-33-51-35-37-53-40(42)38(6-3)16-8-5-2/h38H,4-37H2,1-3H3. The third-order valence-electron chi connectivity index (χ3n) is 8.16. The molecular weight excluding hydrogens is 688 g/mol. The average molecular weight is 767 g/mol. The van der Waals surface area contributed by atoms with Gasteiger partial charge in [-0.15, -0.1) is 0 Å². The van der Waals surface area contributed by atoms with Crippen molar-refractivity contribution in [3.05, 3.63) is 0 Å². The summed E-state index contributed by atoms with van der Waals surface area (Å²) in [6.45, 7) is 15.4. The Labute approximate surface area is 322 Å². The van der Waals surface area contributed by atoms with E-state index in [1.54, 1.807) is 0 Å². The van der Waals surface area contributed by atoms with Crippen LogP contribution in [0.2, 0.25) is 0 Å². The highest BCUT2D eigenvalue weighted by atomic mass is 16.6. The van der Waals surface area contributed by atoms with Gasteiger partial charge in [0.15, 0.2) is 0 Å². The lowest BCUT2D eigenvalue weighted by Crippen LogP contribution is -2.20. The molecule has 0 fully saturated rings. The molecule has 0 aliphatic carbocycles. The van der Waals surface area contributed by atoms with Crippen molar-refractivity contribution in [3.63, 3.8) is 0 Å². The van der Waals surface area contributed by atoms with E-state index >= 15 is 0 Å². The van der Waals surface area contributed by atoms with E-state index in [-0.39, 0.29) is 31.1 Å². The molecule has 0 N–H and O–H groups in total. The van der Waals surface area contributed by atoms with Gasteiger partial charge >= 0.3 is 11.9 Å². The van der Waals surface area contributed by atoms with E-state index < -0.39 is 0 Å². The van der Waals surface area contributed by atoms with E-state index in [4.69, 9.17) is 52.1 Å². The van der Waals surface area contributed by atoms with Crippen LogP contribution in [0.1, 0.15) is 111 Å². The minimum Gasteiger partial charge on any atom is -0.463 e. The van der Waals surface area contributed by atoms with Gasteiger partial charge in [0.2, 0.25) is 0 Å². The number of unbranched alkanes of at least 4 members (excludes halogenated alkanes) is 9. The molecule has 1 unspecified atom stereocenters. The number of rotatable bonds is 45. The van der Waals surface area contributed by atoms with Crippen LogP contribution in [0, 0.1) is 5.92 Å². The highest BCUT2D eigenvalue weighted by Crippen LogP contribution is 2.14. The summed E-state index contributed by atoms with van der Waals surface area (Å²) in [6, 6.07) is 0. The van der Waals surface area contributed by atoms with Crippen molar-refractivity contribution >= 4 is 11.9 Å². The van der Waals surface area contributed by atoms with Crippen LogP contribution in [0.4, 0.5) is 0 Å². The zero-order chi connectivity index (χ0) is 38.6. The van der Waals surface area contributed by atoms with Crippen LogP contribution < -0.4 is 0 Å². The Morgan fingerprint density at radius 1 is 0.358 bits per heavy atom. The first-order chi connectivity index (χ1) is 26.2. The van der Waals surface area contributed by atoms with Crippen molar-refractivity contribution < 1.29 is 61.7 Å². The lowest BCUT2D eigenvalue weighted by molar-refractivity contribution is -0.150. The molecule has 0 rings (SSSR count). The van der Waals surface area contributed by atoms with E-state index in [9.17, 15) is 9.59 Å². The first-order valence-electron chi connectivity index (χ1n) is 20.7. The monoisotopic (exact) mass is 767 g/mol. The predicted octanol–water partition coefficient (Wildman–Crippen LogP) is 6.36. The van der Waals surface area contributed by atoms with Crippen LogP contribution >= 0.6 is 0 Å². The number of esters is 2. The van der Waals surface area contributed by atoms with E-state index in [1.807, 2.05) is 6.92 Å². The molecule has 0 radical (unpaired) electrons. The predicted molar refractivity (Wildman–Crippen MR) is 204 cm³/mol. The van der Waals surface area contributed by atoms with E-state index in [0.29, 0.717) is 125 Å². The average Bonchev–Trinajstić information content (AvgIpc) is 3.16. The molecule has 0 aromatic rings. The minimum absolute atomic E-state index is 0.00604. The van der Waals surface area contributed by atoms with Crippen LogP contribution in [-0.2, 0) is 61.7 Å². The van der Waals surface area contributed by atoms with Crippen LogP contribution in [0.3, 0.4) is 0 Å². The minimum atomic E-state index is -0.139. The van der Waals surface area contributed by atoms with Gasteiger partial charge < -0.3 is 52.1 Å². The maximum atomic E-state index is 12.0. The van der Waals surface area contributed by atoms with Gasteiger partial charge in [-0.2, -0.15) is 0 Å². The fraction of sp³-hybridized carbons (Fsp3) is 0.950. The molecule has 0 aromatic heterocycles. The highest BCUT2D eigenvalue weighted by Gasteiger charge is 2.17. The van der Waals surface area contributed by atoms with E-state index in [1.165, 1.54) is 44.9 Å². The van der Waals surface area contributed by atoms with Gasteiger partial charge in [-0.25, -0.2) is 0 Å². The zero-order valence-electron chi connectivity index (χ0n) is 33.9. The molecule has 0 aromatic carbocycles. The molecule has 0 bridgehead atoms. The SMILES string of the molecule is CCCCCCCCCCCC(=O)OCCOCCOCCOCCOCCOCCOCCOCCOCCOCCOC(=O)C(CC)CCCC. The Bertz CT molecular complexity index is 743. The maximum absolute atomic E-state index is 12.0. The smallest absolute Gasteiger partial charge is 0.308 e. The van der Waals surface area contributed by atoms with Gasteiger partial charge in [0, 0.05) is 6.42 Å². The molecule has 0 heterocycles. The van der Waals surface area contributed by atoms with Gasteiger partial charge in [-0.1, -0.05) is 85.0 Å². The van der Waals surface area contributed by atoms with Crippen LogP contribution in [0.5, 0.6) is 0 Å². The Morgan fingerprint density at radius 2 is 0.660 bits per heavy atom. The second kappa shape index (κ2) is 45.0. The van der Waals surface area contributed by atoms with Crippen molar-refractivity contribution in [2.24, 2.45) is 5.92 Å². The molecular formula is C40H78O13. The second-order valence-corrected chi connectivity index (χ2v) is 12.7. The topological polar surface area (TPSA) is 136 Å². The van der Waals surface area contributed by atoms with E-state index in [0.717, 1.165) is 38.5 Å². The molecule has 0 saturated heterocycles. The summed E-state index contributed by atoms with van der Waals surface area (Å²) in [6.07, 6.45) is 15.4. The van der Waals surface area contributed by atoms with Crippen molar-refractivity contribution in [2.45, 2.75) is 111 Å². The Hall–Kier alpha value is -1.42. The van der Waals surface area contributed by atoms with Gasteiger partial charge in [0.05, 0.1) is 125 Å². The van der Waals surface area contributed by atoms with E-state index in [2.05, 4.69) is 13.8 Å². The summed E-state index contributed by atoms with van der Waals surface area (Å²) < 4.78 is 59.8. The lowest BCUT2D eigenvalue weighted by atomic mass is 10.00. The van der Waals surface area contributed by atoms with Gasteiger partial charge in [0.25, 0.3) is 0 Å². The number of carbonyl (C=O) groups is 2. The second-order valence-electron chi connectivity index (χ2n) is 12.7. The van der Waals surface area contributed by atoms with Crippen molar-refractivity contribution in [2.75, 3.05) is 132 Å². The van der Waals surface area contributed by atoms with Crippen molar-refractivity contribution in [1.82, 2.24) is 0 Å². The highest BCUT2D eigenvalue weighted by molar-refractivity contribution is 5.72. The molecule has 0 aliphatic heterocycles. The van der Waals surface area contributed by atoms with Gasteiger partial charge in [-0.05, 0) is 19.3 Å². The normalized spacial score (nSPS) is 12.0. The molecule has 0 saturated carbocycles. The molecule has 0 amide bonds. The third kappa shape index (κ3) is 41.6. The molecule has 53 heavy (non-hydrogen) atoms. The fourth-order valence-corrected chi connectivity index (χ4v) is 4.99. The first kappa shape index (κ1) is 51.6. The Kier molecular flexibility index (Phi) is 43.8. The summed E-state index contributed by atoms with van der Waals surface area (Å²) in [4.78, 5) is 23.8. The van der Waals surface area contributed by atoms with Crippen molar-refractivity contribution in [1.29, 1.82) is 0 Å². The van der Waals surface area contributed by atoms with Gasteiger partial charge in [-0.3, -0.25) is 9.59 Å². The van der Waals surface area contributed by atoms with Crippen molar-refractivity contribution in [3.8, 4) is 0 Å². The Morgan fingerprint density at radius 3 is 1.00 bits per heavy atom. The molecule has 316 valence electrons. The molecule has 13 heteroatoms. The number of hydrogen-bond acceptors (Lipinski definition) is 13. The van der Waals surface area contributed by atoms with Crippen LogP contribution in [-0.4, -0.2) is 144 Å². The zero-order valence-corrected chi connectivity index (χ0v) is 33.9. The maximum Gasteiger partial charge on any atom is 0.308 e. The van der Waals surface area contributed by atoms with Crippen LogP contribution in [0.25, 0.3) is 0 Å². The number of hydrogen-bond donors (Lipinski definition) is 0.